The van der Waals surface area contributed by atoms with E-state index < -0.39 is 0 Å². The number of carbonyl (C=O) groups is 2. The van der Waals surface area contributed by atoms with Crippen LogP contribution in [0.25, 0.3) is 0 Å². The molecule has 0 spiro atoms. The highest BCUT2D eigenvalue weighted by Gasteiger charge is 2.33. The van der Waals surface area contributed by atoms with Crippen molar-refractivity contribution in [3.63, 3.8) is 0 Å². The summed E-state index contributed by atoms with van der Waals surface area (Å²) >= 11 is 1.72. The number of amides is 2. The molecule has 0 aliphatic carbocycles. The maximum atomic E-state index is 13.5. The third-order valence-electron chi connectivity index (χ3n) is 6.04. The SMILES string of the molecule is COCCN(CC(=O)N1CCc2sccc2[C@H]1COc1ccc(C)cc1)C(=O)c1ccccc1. The average Bonchev–Trinajstić information content (AvgIpc) is 3.35. The van der Waals surface area contributed by atoms with Gasteiger partial charge in [0.2, 0.25) is 5.91 Å². The number of ether oxygens (including phenoxy) is 2. The number of carbonyl (C=O) groups excluding carboxylic acids is 2. The minimum atomic E-state index is -0.195. The summed E-state index contributed by atoms with van der Waals surface area (Å²) in [6, 6.07) is 18.9. The van der Waals surface area contributed by atoms with Crippen molar-refractivity contribution in [2.45, 2.75) is 19.4 Å². The zero-order valence-corrected chi connectivity index (χ0v) is 20.4. The van der Waals surface area contributed by atoms with Crippen LogP contribution < -0.4 is 4.74 Å². The summed E-state index contributed by atoms with van der Waals surface area (Å²) in [7, 11) is 1.59. The lowest BCUT2D eigenvalue weighted by molar-refractivity contribution is -0.135. The first kappa shape index (κ1) is 24.0. The molecule has 1 atom stereocenters. The minimum Gasteiger partial charge on any atom is -0.491 e. The van der Waals surface area contributed by atoms with Crippen molar-refractivity contribution in [1.29, 1.82) is 0 Å². The Labute approximate surface area is 204 Å². The van der Waals surface area contributed by atoms with E-state index in [0.717, 1.165) is 17.7 Å². The fourth-order valence-electron chi connectivity index (χ4n) is 4.16. The molecule has 2 amide bonds. The van der Waals surface area contributed by atoms with Gasteiger partial charge in [-0.2, -0.15) is 0 Å². The summed E-state index contributed by atoms with van der Waals surface area (Å²) in [4.78, 5) is 31.4. The van der Waals surface area contributed by atoms with E-state index in [2.05, 4.69) is 11.4 Å². The largest absolute Gasteiger partial charge is 0.491 e. The van der Waals surface area contributed by atoms with E-state index in [0.29, 0.717) is 31.9 Å². The van der Waals surface area contributed by atoms with Crippen LogP contribution in [0, 0.1) is 6.92 Å². The number of methoxy groups -OCH3 is 1. The molecule has 178 valence electrons. The summed E-state index contributed by atoms with van der Waals surface area (Å²) in [6.45, 7) is 3.71. The number of rotatable bonds is 9. The molecule has 4 rings (SSSR count). The lowest BCUT2D eigenvalue weighted by Crippen LogP contribution is -2.48. The Bertz CT molecular complexity index is 1100. The Morgan fingerprint density at radius 1 is 1.09 bits per heavy atom. The van der Waals surface area contributed by atoms with Gasteiger partial charge in [0.05, 0.1) is 12.6 Å². The maximum Gasteiger partial charge on any atom is 0.254 e. The van der Waals surface area contributed by atoms with Gasteiger partial charge in [0, 0.05) is 30.6 Å². The number of aryl methyl sites for hydroxylation is 1. The Morgan fingerprint density at radius 2 is 1.85 bits per heavy atom. The highest BCUT2D eigenvalue weighted by Crippen LogP contribution is 2.34. The smallest absolute Gasteiger partial charge is 0.254 e. The first-order chi connectivity index (χ1) is 16.6. The van der Waals surface area contributed by atoms with Gasteiger partial charge in [-0.3, -0.25) is 9.59 Å². The summed E-state index contributed by atoms with van der Waals surface area (Å²) in [5.74, 6) is 0.516. The van der Waals surface area contributed by atoms with Gasteiger partial charge in [-0.15, -0.1) is 11.3 Å². The molecule has 2 aromatic carbocycles. The number of hydrogen-bond acceptors (Lipinski definition) is 5. The van der Waals surface area contributed by atoms with Crippen LogP contribution in [0.1, 0.15) is 32.4 Å². The van der Waals surface area contributed by atoms with Crippen molar-refractivity contribution in [3.05, 3.63) is 87.6 Å². The first-order valence-corrected chi connectivity index (χ1v) is 12.3. The van der Waals surface area contributed by atoms with E-state index in [-0.39, 0.29) is 24.4 Å². The number of hydrogen-bond donors (Lipinski definition) is 0. The molecule has 7 heteroatoms. The van der Waals surface area contributed by atoms with Crippen molar-refractivity contribution in [2.24, 2.45) is 0 Å². The Morgan fingerprint density at radius 3 is 2.59 bits per heavy atom. The summed E-state index contributed by atoms with van der Waals surface area (Å²) in [5.41, 5.74) is 2.86. The molecule has 0 N–H and O–H groups in total. The highest BCUT2D eigenvalue weighted by molar-refractivity contribution is 7.10. The molecule has 34 heavy (non-hydrogen) atoms. The molecule has 0 radical (unpaired) electrons. The van der Waals surface area contributed by atoms with Gasteiger partial charge in [0.15, 0.2) is 0 Å². The highest BCUT2D eigenvalue weighted by atomic mass is 32.1. The topological polar surface area (TPSA) is 59.1 Å². The quantitative estimate of drug-likeness (QED) is 0.459. The van der Waals surface area contributed by atoms with E-state index in [1.165, 1.54) is 10.4 Å². The number of benzene rings is 2. The fourth-order valence-corrected chi connectivity index (χ4v) is 5.08. The third-order valence-corrected chi connectivity index (χ3v) is 7.04. The second-order valence-electron chi connectivity index (χ2n) is 8.36. The standard InChI is InChI=1S/C27H30N2O4S/c1-20-8-10-22(11-9-20)33-19-24-23-13-17-34-25(23)12-14-29(24)26(30)18-28(15-16-32-2)27(31)21-6-4-3-5-7-21/h3-11,13,17,24H,12,14-16,18-19H2,1-2H3/t24-/m1/s1. The van der Waals surface area contributed by atoms with Crippen molar-refractivity contribution in [3.8, 4) is 5.75 Å². The molecule has 0 unspecified atom stereocenters. The Hall–Kier alpha value is -3.16. The molecule has 1 aliphatic rings. The van der Waals surface area contributed by atoms with E-state index >= 15 is 0 Å². The Kier molecular flexibility index (Phi) is 7.98. The zero-order valence-electron chi connectivity index (χ0n) is 19.6. The van der Waals surface area contributed by atoms with E-state index in [1.807, 2.05) is 54.3 Å². The molecule has 0 saturated heterocycles. The Balaban J connectivity index is 1.51. The molecule has 2 heterocycles. The predicted molar refractivity (Wildman–Crippen MR) is 133 cm³/mol. The number of nitrogens with zero attached hydrogens (tertiary/aromatic N) is 2. The summed E-state index contributed by atoms with van der Waals surface area (Å²) < 4.78 is 11.3. The lowest BCUT2D eigenvalue weighted by Gasteiger charge is -2.37. The van der Waals surface area contributed by atoms with E-state index in [9.17, 15) is 9.59 Å². The molecule has 0 fully saturated rings. The molecule has 0 saturated carbocycles. The van der Waals surface area contributed by atoms with Gasteiger partial charge in [-0.05, 0) is 54.6 Å². The zero-order chi connectivity index (χ0) is 23.9. The van der Waals surface area contributed by atoms with Crippen LogP contribution in [0.5, 0.6) is 5.75 Å². The van der Waals surface area contributed by atoms with E-state index in [1.54, 1.807) is 35.5 Å². The van der Waals surface area contributed by atoms with Crippen molar-refractivity contribution in [1.82, 2.24) is 9.80 Å². The average molecular weight is 479 g/mol. The third kappa shape index (κ3) is 5.66. The summed E-state index contributed by atoms with van der Waals surface area (Å²) in [6.07, 6.45) is 0.810. The predicted octanol–water partition coefficient (Wildman–Crippen LogP) is 4.35. The maximum absolute atomic E-state index is 13.5. The van der Waals surface area contributed by atoms with Crippen LogP contribution in [-0.2, 0) is 16.0 Å². The first-order valence-electron chi connectivity index (χ1n) is 11.4. The molecule has 0 bridgehead atoms. The summed E-state index contributed by atoms with van der Waals surface area (Å²) in [5, 5.41) is 2.07. The number of thiophene rings is 1. The monoisotopic (exact) mass is 478 g/mol. The molecule has 6 nitrogen and oxygen atoms in total. The molecule has 1 aliphatic heterocycles. The van der Waals surface area contributed by atoms with E-state index in [4.69, 9.17) is 9.47 Å². The molecule has 3 aromatic rings. The van der Waals surface area contributed by atoms with Crippen LogP contribution in [0.3, 0.4) is 0 Å². The van der Waals surface area contributed by atoms with Crippen LogP contribution in [0.15, 0.2) is 66.0 Å². The van der Waals surface area contributed by atoms with Gasteiger partial charge in [-0.1, -0.05) is 35.9 Å². The normalized spacial score (nSPS) is 15.0. The minimum absolute atomic E-state index is 0.00239. The van der Waals surface area contributed by atoms with Crippen molar-refractivity contribution < 1.29 is 19.1 Å². The van der Waals surface area contributed by atoms with Crippen LogP contribution >= 0.6 is 11.3 Å². The molecular weight excluding hydrogens is 448 g/mol. The molecule has 1 aromatic heterocycles. The van der Waals surface area contributed by atoms with Crippen LogP contribution in [0.2, 0.25) is 0 Å². The van der Waals surface area contributed by atoms with Gasteiger partial charge < -0.3 is 19.3 Å². The molecular formula is C27H30N2O4S. The second-order valence-corrected chi connectivity index (χ2v) is 9.36. The number of fused-ring (bicyclic) bond motifs is 1. The fraction of sp³-hybridized carbons (Fsp3) is 0.333. The lowest BCUT2D eigenvalue weighted by atomic mass is 10.0. The van der Waals surface area contributed by atoms with Gasteiger partial charge >= 0.3 is 0 Å². The van der Waals surface area contributed by atoms with Crippen molar-refractivity contribution in [2.75, 3.05) is 40.0 Å². The van der Waals surface area contributed by atoms with Gasteiger partial charge in [0.1, 0.15) is 18.9 Å². The second kappa shape index (κ2) is 11.3. The van der Waals surface area contributed by atoms with Gasteiger partial charge in [0.25, 0.3) is 5.91 Å². The van der Waals surface area contributed by atoms with Crippen LogP contribution in [0.4, 0.5) is 0 Å². The van der Waals surface area contributed by atoms with Crippen molar-refractivity contribution >= 4 is 23.2 Å². The van der Waals surface area contributed by atoms with Gasteiger partial charge in [-0.25, -0.2) is 0 Å². The van der Waals surface area contributed by atoms with Crippen LogP contribution in [-0.4, -0.2) is 61.6 Å².